The van der Waals surface area contributed by atoms with Crippen LogP contribution in [0.2, 0.25) is 0 Å². The van der Waals surface area contributed by atoms with Crippen LogP contribution in [0.4, 0.5) is 10.5 Å². The van der Waals surface area contributed by atoms with Crippen LogP contribution in [0.1, 0.15) is 47.1 Å². The zero-order chi connectivity index (χ0) is 38.0. The molecule has 280 valence electrons. The smallest absolute Gasteiger partial charge is 0.319 e. The number of likely N-dealkylation sites (N-methyl/N-ethyl adjacent to an activating group) is 1. The molecule has 0 aliphatic carbocycles. The van der Waals surface area contributed by atoms with E-state index in [1.54, 1.807) is 0 Å². The number of rotatable bonds is 13. The number of nitrogens with one attached hydrogen (secondary N) is 2. The molecular formula is C47H47N3O5. The molecule has 55 heavy (non-hydrogen) atoms. The Hall–Kier alpha value is -5.77. The normalized spacial score (nSPS) is 18.1. The zero-order valence-electron chi connectivity index (χ0n) is 31.2. The SMILES string of the molecule is CC1C(CN(C)Cc2ccccc2)OC(c2cccc(-c3cccc(CNC(=O)Nc4ccc(Oc5ccccc5)cc4)c3)c2)OC1c1ccc(CO)cc1. The number of nitrogens with zero attached hydrogens (tertiary/aromatic N) is 1. The number of para-hydroxylation sites is 1. The van der Waals surface area contributed by atoms with Gasteiger partial charge in [-0.25, -0.2) is 4.79 Å². The number of hydrogen-bond acceptors (Lipinski definition) is 6. The predicted octanol–water partition coefficient (Wildman–Crippen LogP) is 9.88. The fourth-order valence-corrected chi connectivity index (χ4v) is 6.91. The number of anilines is 1. The Morgan fingerprint density at radius 2 is 1.35 bits per heavy atom. The van der Waals surface area contributed by atoms with Crippen molar-refractivity contribution in [3.63, 3.8) is 0 Å². The van der Waals surface area contributed by atoms with Gasteiger partial charge in [0.1, 0.15) is 11.5 Å². The molecule has 4 unspecified atom stereocenters. The Balaban J connectivity index is 1.02. The van der Waals surface area contributed by atoms with Crippen LogP contribution < -0.4 is 15.4 Å². The van der Waals surface area contributed by atoms with Gasteiger partial charge < -0.3 is 30.0 Å². The van der Waals surface area contributed by atoms with E-state index in [1.165, 1.54) is 5.56 Å². The van der Waals surface area contributed by atoms with Gasteiger partial charge in [0.15, 0.2) is 6.29 Å². The first-order valence-corrected chi connectivity index (χ1v) is 18.7. The highest BCUT2D eigenvalue weighted by atomic mass is 16.7. The number of carbonyl (C=O) groups is 1. The van der Waals surface area contributed by atoms with Crippen molar-refractivity contribution in [2.45, 2.75) is 45.1 Å². The standard InChI is InChI=1S/C47H47N3O5/c1-33-44(31-50(2)30-34-11-5-3-6-12-34)54-46(55-45(33)37-21-19-35(32-51)20-22-37)40-16-10-15-39(28-40)38-14-9-13-36(27-38)29-48-47(52)49-41-23-25-43(26-24-41)53-42-17-7-4-8-18-42/h3-28,33,44-46,51H,29-32H2,1-2H3,(H2,48,49,52). The molecule has 1 saturated heterocycles. The molecule has 4 atom stereocenters. The Kier molecular flexibility index (Phi) is 12.3. The lowest BCUT2D eigenvalue weighted by Gasteiger charge is -2.42. The van der Waals surface area contributed by atoms with Crippen molar-refractivity contribution in [2.24, 2.45) is 5.92 Å². The van der Waals surface area contributed by atoms with Crippen molar-refractivity contribution >= 4 is 11.7 Å². The van der Waals surface area contributed by atoms with Gasteiger partial charge in [0.05, 0.1) is 18.8 Å². The maximum atomic E-state index is 12.8. The third-order valence-corrected chi connectivity index (χ3v) is 9.87. The van der Waals surface area contributed by atoms with E-state index in [0.29, 0.717) is 18.0 Å². The summed E-state index contributed by atoms with van der Waals surface area (Å²) in [5, 5.41) is 15.5. The number of amides is 2. The van der Waals surface area contributed by atoms with E-state index in [-0.39, 0.29) is 30.8 Å². The lowest BCUT2D eigenvalue weighted by atomic mass is 9.90. The summed E-state index contributed by atoms with van der Waals surface area (Å²) in [6.45, 7) is 4.09. The van der Waals surface area contributed by atoms with Crippen LogP contribution in [0, 0.1) is 5.92 Å². The fraction of sp³-hybridized carbons (Fsp3) is 0.213. The molecule has 1 fully saturated rings. The van der Waals surface area contributed by atoms with E-state index in [4.69, 9.17) is 14.2 Å². The van der Waals surface area contributed by atoms with Crippen LogP contribution in [0.15, 0.2) is 158 Å². The highest BCUT2D eigenvalue weighted by Crippen LogP contribution is 2.42. The zero-order valence-corrected chi connectivity index (χ0v) is 31.2. The minimum Gasteiger partial charge on any atom is -0.457 e. The maximum absolute atomic E-state index is 12.8. The van der Waals surface area contributed by atoms with Gasteiger partial charge in [-0.2, -0.15) is 0 Å². The second kappa shape index (κ2) is 18.0. The quantitative estimate of drug-likeness (QED) is 0.110. The molecule has 8 heteroatoms. The minimum atomic E-state index is -0.582. The number of urea groups is 1. The topological polar surface area (TPSA) is 92.3 Å². The first-order chi connectivity index (χ1) is 26.9. The molecule has 0 saturated carbocycles. The monoisotopic (exact) mass is 733 g/mol. The van der Waals surface area contributed by atoms with E-state index in [9.17, 15) is 9.90 Å². The molecule has 0 bridgehead atoms. The van der Waals surface area contributed by atoms with E-state index in [2.05, 4.69) is 84.1 Å². The summed E-state index contributed by atoms with van der Waals surface area (Å²) in [6.07, 6.45) is -0.882. The summed E-state index contributed by atoms with van der Waals surface area (Å²) in [4.78, 5) is 15.1. The summed E-state index contributed by atoms with van der Waals surface area (Å²) in [5.74, 6) is 1.52. The highest BCUT2D eigenvalue weighted by Gasteiger charge is 2.39. The van der Waals surface area contributed by atoms with Gasteiger partial charge in [0.2, 0.25) is 0 Å². The van der Waals surface area contributed by atoms with Crippen LogP contribution >= 0.6 is 0 Å². The van der Waals surface area contributed by atoms with E-state index in [1.807, 2.05) is 103 Å². The Labute approximate surface area is 323 Å². The van der Waals surface area contributed by atoms with Crippen LogP contribution in [0.25, 0.3) is 11.1 Å². The number of aliphatic hydroxyl groups excluding tert-OH is 1. The number of hydrogen-bond donors (Lipinski definition) is 3. The molecule has 2 amide bonds. The van der Waals surface area contributed by atoms with Crippen molar-refractivity contribution in [2.75, 3.05) is 18.9 Å². The third kappa shape index (κ3) is 10.1. The van der Waals surface area contributed by atoms with E-state index in [0.717, 1.165) is 52.2 Å². The molecule has 1 heterocycles. The number of carbonyl (C=O) groups excluding carboxylic acids is 1. The summed E-state index contributed by atoms with van der Waals surface area (Å²) in [5.41, 5.74) is 7.79. The van der Waals surface area contributed by atoms with Gasteiger partial charge in [0, 0.05) is 36.8 Å². The molecule has 0 radical (unpaired) electrons. The third-order valence-electron chi connectivity index (χ3n) is 9.87. The Morgan fingerprint density at radius 3 is 2.07 bits per heavy atom. The van der Waals surface area contributed by atoms with Gasteiger partial charge >= 0.3 is 6.03 Å². The molecule has 0 aromatic heterocycles. The molecule has 6 aromatic rings. The summed E-state index contributed by atoms with van der Waals surface area (Å²) >= 11 is 0. The number of aliphatic hydroxyl groups is 1. The summed E-state index contributed by atoms with van der Waals surface area (Å²) in [6, 6.07) is 51.5. The Bertz CT molecular complexity index is 2130. The predicted molar refractivity (Wildman–Crippen MR) is 216 cm³/mol. The second-order valence-electron chi connectivity index (χ2n) is 14.1. The molecule has 0 spiro atoms. The summed E-state index contributed by atoms with van der Waals surface area (Å²) < 4.78 is 19.4. The largest absolute Gasteiger partial charge is 0.457 e. The lowest BCUT2D eigenvalue weighted by molar-refractivity contribution is -0.276. The van der Waals surface area contributed by atoms with Crippen molar-refractivity contribution in [1.82, 2.24) is 10.2 Å². The van der Waals surface area contributed by atoms with E-state index < -0.39 is 6.29 Å². The fourth-order valence-electron chi connectivity index (χ4n) is 6.91. The molecule has 8 nitrogen and oxygen atoms in total. The van der Waals surface area contributed by atoms with Crippen molar-refractivity contribution in [3.05, 3.63) is 186 Å². The van der Waals surface area contributed by atoms with Crippen LogP contribution in [0.3, 0.4) is 0 Å². The van der Waals surface area contributed by atoms with Crippen molar-refractivity contribution < 1.29 is 24.1 Å². The minimum absolute atomic E-state index is 0.00225. The van der Waals surface area contributed by atoms with Gasteiger partial charge in [-0.3, -0.25) is 4.90 Å². The number of benzene rings is 6. The van der Waals surface area contributed by atoms with Gasteiger partial charge in [0.25, 0.3) is 0 Å². The van der Waals surface area contributed by atoms with Crippen LogP contribution in [-0.2, 0) is 29.2 Å². The van der Waals surface area contributed by atoms with Gasteiger partial charge in [-0.05, 0) is 89.0 Å². The molecule has 3 N–H and O–H groups in total. The van der Waals surface area contributed by atoms with E-state index >= 15 is 0 Å². The summed E-state index contributed by atoms with van der Waals surface area (Å²) in [7, 11) is 2.13. The molecular weight excluding hydrogens is 687 g/mol. The van der Waals surface area contributed by atoms with Gasteiger partial charge in [-0.1, -0.05) is 116 Å². The lowest BCUT2D eigenvalue weighted by Crippen LogP contribution is -2.43. The van der Waals surface area contributed by atoms with Crippen LogP contribution in [-0.4, -0.2) is 35.7 Å². The average molecular weight is 734 g/mol. The van der Waals surface area contributed by atoms with Crippen molar-refractivity contribution in [3.8, 4) is 22.6 Å². The van der Waals surface area contributed by atoms with Gasteiger partial charge in [-0.15, -0.1) is 0 Å². The molecule has 7 rings (SSSR count). The van der Waals surface area contributed by atoms with Crippen LogP contribution in [0.5, 0.6) is 11.5 Å². The average Bonchev–Trinajstić information content (AvgIpc) is 3.22. The second-order valence-corrected chi connectivity index (χ2v) is 14.1. The first kappa shape index (κ1) is 37.5. The highest BCUT2D eigenvalue weighted by molar-refractivity contribution is 5.89. The number of ether oxygens (including phenoxy) is 3. The maximum Gasteiger partial charge on any atom is 0.319 e. The first-order valence-electron chi connectivity index (χ1n) is 18.7. The molecule has 1 aliphatic heterocycles. The Morgan fingerprint density at radius 1 is 0.691 bits per heavy atom. The molecule has 1 aliphatic rings. The molecule has 6 aromatic carbocycles. The van der Waals surface area contributed by atoms with Crippen molar-refractivity contribution in [1.29, 1.82) is 0 Å².